The molecule has 0 fully saturated rings. The zero-order valence-electron chi connectivity index (χ0n) is 13.4. The van der Waals surface area contributed by atoms with Gasteiger partial charge in [0.1, 0.15) is 0 Å². The third-order valence-corrected chi connectivity index (χ3v) is 3.48. The Kier molecular flexibility index (Phi) is 7.89. The molecular weight excluding hydrogens is 266 g/mol. The molecule has 1 aromatic carbocycles. The first-order valence-corrected chi connectivity index (χ1v) is 7.72. The van der Waals surface area contributed by atoms with Gasteiger partial charge in [-0.15, -0.1) is 0 Å². The molecule has 0 aliphatic heterocycles. The second-order valence-corrected chi connectivity index (χ2v) is 5.92. The number of hydrogen-bond donors (Lipinski definition) is 3. The van der Waals surface area contributed by atoms with Gasteiger partial charge in [-0.05, 0) is 25.8 Å². The number of hydrogen-bond acceptors (Lipinski definition) is 4. The Morgan fingerprint density at radius 2 is 1.95 bits per heavy atom. The zero-order valence-corrected chi connectivity index (χ0v) is 13.4. The van der Waals surface area contributed by atoms with Crippen LogP contribution in [-0.2, 0) is 4.74 Å². The molecule has 0 aliphatic carbocycles. The minimum Gasteiger partial charge on any atom is -0.389 e. The van der Waals surface area contributed by atoms with Crippen LogP contribution in [-0.4, -0.2) is 41.6 Å². The fourth-order valence-electron chi connectivity index (χ4n) is 2.27. The lowest BCUT2D eigenvalue weighted by molar-refractivity contribution is -0.00612. The Morgan fingerprint density at radius 1 is 1.29 bits per heavy atom. The second kappa shape index (κ2) is 9.15. The van der Waals surface area contributed by atoms with Crippen LogP contribution in [0.15, 0.2) is 30.3 Å². The molecule has 0 bridgehead atoms. The predicted molar refractivity (Wildman–Crippen MR) is 85.2 cm³/mol. The van der Waals surface area contributed by atoms with Crippen molar-refractivity contribution in [1.82, 2.24) is 5.32 Å². The van der Waals surface area contributed by atoms with Gasteiger partial charge in [0.2, 0.25) is 0 Å². The summed E-state index contributed by atoms with van der Waals surface area (Å²) in [4.78, 5) is 0. The molecule has 0 aliphatic rings. The van der Waals surface area contributed by atoms with Gasteiger partial charge in [-0.25, -0.2) is 0 Å². The molecule has 0 radical (unpaired) electrons. The van der Waals surface area contributed by atoms with Crippen LogP contribution < -0.4 is 5.32 Å². The maximum Gasteiger partial charge on any atom is 0.0898 e. The van der Waals surface area contributed by atoms with Crippen molar-refractivity contribution in [3.8, 4) is 0 Å². The van der Waals surface area contributed by atoms with E-state index in [0.717, 1.165) is 18.4 Å². The summed E-state index contributed by atoms with van der Waals surface area (Å²) in [6, 6.07) is 9.94. The molecule has 1 rings (SSSR count). The summed E-state index contributed by atoms with van der Waals surface area (Å²) < 4.78 is 5.67. The van der Waals surface area contributed by atoms with Crippen molar-refractivity contribution < 1.29 is 14.9 Å². The van der Waals surface area contributed by atoms with Gasteiger partial charge >= 0.3 is 0 Å². The first kappa shape index (κ1) is 18.1. The number of aliphatic hydroxyl groups excluding tert-OH is 1. The molecule has 4 nitrogen and oxygen atoms in total. The highest BCUT2D eigenvalue weighted by atomic mass is 16.5. The lowest BCUT2D eigenvalue weighted by atomic mass is 10.0. The molecule has 0 saturated carbocycles. The van der Waals surface area contributed by atoms with Gasteiger partial charge in [0.25, 0.3) is 0 Å². The molecule has 4 heteroatoms. The van der Waals surface area contributed by atoms with Crippen LogP contribution in [0.1, 0.15) is 45.3 Å². The highest BCUT2D eigenvalue weighted by Crippen LogP contribution is 2.16. The smallest absolute Gasteiger partial charge is 0.0898 e. The van der Waals surface area contributed by atoms with Gasteiger partial charge < -0.3 is 20.3 Å². The van der Waals surface area contributed by atoms with Crippen LogP contribution in [0, 0.1) is 0 Å². The Hall–Kier alpha value is -0.940. The molecule has 0 saturated heterocycles. The summed E-state index contributed by atoms with van der Waals surface area (Å²) in [6.07, 6.45) is 1.07. The van der Waals surface area contributed by atoms with E-state index in [1.807, 2.05) is 51.1 Å². The maximum atomic E-state index is 10.0. The quantitative estimate of drug-likeness (QED) is 0.619. The summed E-state index contributed by atoms with van der Waals surface area (Å²) >= 11 is 0. The van der Waals surface area contributed by atoms with Crippen molar-refractivity contribution in [2.75, 3.05) is 19.7 Å². The van der Waals surface area contributed by atoms with Gasteiger partial charge in [-0.1, -0.05) is 43.7 Å². The fraction of sp³-hybridized carbons (Fsp3) is 0.647. The Balaban J connectivity index is 2.21. The van der Waals surface area contributed by atoms with Crippen molar-refractivity contribution in [3.63, 3.8) is 0 Å². The summed E-state index contributed by atoms with van der Waals surface area (Å²) in [5.74, 6) is 0. The molecule has 21 heavy (non-hydrogen) atoms. The van der Waals surface area contributed by atoms with Gasteiger partial charge in [0, 0.05) is 13.1 Å². The number of ether oxygens (including phenoxy) is 1. The Bertz CT molecular complexity index is 381. The lowest BCUT2D eigenvalue weighted by Crippen LogP contribution is -2.41. The minimum atomic E-state index is -0.716. The summed E-state index contributed by atoms with van der Waals surface area (Å²) in [5, 5.41) is 23.0. The molecule has 3 N–H and O–H groups in total. The number of rotatable bonds is 10. The van der Waals surface area contributed by atoms with Crippen molar-refractivity contribution in [2.45, 2.75) is 51.4 Å². The van der Waals surface area contributed by atoms with Crippen LogP contribution in [0.25, 0.3) is 0 Å². The van der Waals surface area contributed by atoms with E-state index in [1.165, 1.54) is 0 Å². The van der Waals surface area contributed by atoms with Crippen LogP contribution in [0.3, 0.4) is 0 Å². The fourth-order valence-corrected chi connectivity index (χ4v) is 2.27. The van der Waals surface area contributed by atoms with E-state index >= 15 is 0 Å². The van der Waals surface area contributed by atoms with Crippen molar-refractivity contribution in [2.24, 2.45) is 0 Å². The van der Waals surface area contributed by atoms with Gasteiger partial charge in [-0.3, -0.25) is 0 Å². The highest BCUT2D eigenvalue weighted by molar-refractivity contribution is 5.16. The first-order chi connectivity index (χ1) is 9.94. The van der Waals surface area contributed by atoms with E-state index in [-0.39, 0.29) is 12.7 Å². The predicted octanol–water partition coefficient (Wildman–Crippen LogP) is 2.27. The monoisotopic (exact) mass is 295 g/mol. The highest BCUT2D eigenvalue weighted by Gasteiger charge is 2.19. The van der Waals surface area contributed by atoms with E-state index in [0.29, 0.717) is 13.1 Å². The van der Waals surface area contributed by atoms with Crippen molar-refractivity contribution in [3.05, 3.63) is 35.9 Å². The molecule has 120 valence electrons. The molecule has 0 amide bonds. The Labute approximate surface area is 128 Å². The molecule has 0 aromatic heterocycles. The van der Waals surface area contributed by atoms with E-state index in [4.69, 9.17) is 4.74 Å². The van der Waals surface area contributed by atoms with Gasteiger partial charge in [-0.2, -0.15) is 0 Å². The standard InChI is InChI=1S/C17H29NO3/c1-4-10-17(3,20)13-18-11-16(19)12-21-14(2)15-8-6-5-7-9-15/h5-9,14,16,18-20H,4,10-13H2,1-3H3. The van der Waals surface area contributed by atoms with Crippen LogP contribution in [0.2, 0.25) is 0 Å². The molecule has 3 unspecified atom stereocenters. The van der Waals surface area contributed by atoms with Crippen molar-refractivity contribution in [1.29, 1.82) is 0 Å². The summed E-state index contributed by atoms with van der Waals surface area (Å²) in [7, 11) is 0. The topological polar surface area (TPSA) is 61.7 Å². The maximum absolute atomic E-state index is 10.0. The summed E-state index contributed by atoms with van der Waals surface area (Å²) in [6.45, 7) is 7.00. The Morgan fingerprint density at radius 3 is 2.57 bits per heavy atom. The van der Waals surface area contributed by atoms with E-state index < -0.39 is 11.7 Å². The van der Waals surface area contributed by atoms with Crippen LogP contribution in [0.5, 0.6) is 0 Å². The number of nitrogens with one attached hydrogen (secondary N) is 1. The van der Waals surface area contributed by atoms with Crippen LogP contribution >= 0.6 is 0 Å². The second-order valence-electron chi connectivity index (χ2n) is 5.92. The number of aliphatic hydroxyl groups is 2. The third-order valence-electron chi connectivity index (χ3n) is 3.48. The molecule has 3 atom stereocenters. The molecule has 1 aromatic rings. The van der Waals surface area contributed by atoms with Gasteiger partial charge in [0.15, 0.2) is 0 Å². The largest absolute Gasteiger partial charge is 0.389 e. The molecule has 0 heterocycles. The van der Waals surface area contributed by atoms with Crippen molar-refractivity contribution >= 4 is 0 Å². The van der Waals surface area contributed by atoms with E-state index in [9.17, 15) is 10.2 Å². The average molecular weight is 295 g/mol. The first-order valence-electron chi connectivity index (χ1n) is 7.72. The van der Waals surface area contributed by atoms with E-state index in [2.05, 4.69) is 5.32 Å². The SMILES string of the molecule is CCCC(C)(O)CNCC(O)COC(C)c1ccccc1. The lowest BCUT2D eigenvalue weighted by Gasteiger charge is -2.24. The number of benzene rings is 1. The van der Waals surface area contributed by atoms with Gasteiger partial charge in [0.05, 0.1) is 24.4 Å². The van der Waals surface area contributed by atoms with E-state index in [1.54, 1.807) is 0 Å². The molecular formula is C17H29NO3. The molecule has 0 spiro atoms. The van der Waals surface area contributed by atoms with Crippen LogP contribution in [0.4, 0.5) is 0 Å². The zero-order chi connectivity index (χ0) is 15.7. The average Bonchev–Trinajstić information content (AvgIpc) is 2.45. The minimum absolute atomic E-state index is 0.0379. The third kappa shape index (κ3) is 7.58. The summed E-state index contributed by atoms with van der Waals surface area (Å²) in [5.41, 5.74) is 0.385. The normalized spacial score (nSPS) is 17.2.